The zero-order valence-electron chi connectivity index (χ0n) is 13.6. The van der Waals surface area contributed by atoms with Crippen molar-refractivity contribution < 1.29 is 4.74 Å². The average Bonchev–Trinajstić information content (AvgIpc) is 2.58. The molecular formula is C19H25BrN2O. The van der Waals surface area contributed by atoms with Crippen LogP contribution in [0.15, 0.2) is 53.0 Å². The van der Waals surface area contributed by atoms with Crippen LogP contribution < -0.4 is 15.4 Å². The van der Waals surface area contributed by atoms with Crippen LogP contribution in [-0.4, -0.2) is 19.6 Å². The quantitative estimate of drug-likeness (QED) is 0.612. The highest BCUT2D eigenvalue weighted by atomic mass is 79.9. The van der Waals surface area contributed by atoms with Gasteiger partial charge in [-0.05, 0) is 65.2 Å². The minimum absolute atomic E-state index is 0.585. The molecule has 0 heterocycles. The van der Waals surface area contributed by atoms with Crippen molar-refractivity contribution >= 4 is 15.9 Å². The lowest BCUT2D eigenvalue weighted by molar-refractivity contribution is 0.304. The van der Waals surface area contributed by atoms with Crippen LogP contribution in [-0.2, 0) is 13.2 Å². The van der Waals surface area contributed by atoms with Gasteiger partial charge in [0.25, 0.3) is 0 Å². The molecule has 2 rings (SSSR count). The lowest BCUT2D eigenvalue weighted by Gasteiger charge is -2.11. The molecule has 0 fully saturated rings. The second kappa shape index (κ2) is 10.4. The SMILES string of the molecule is CCNCCCNCc1ccc(OCc2ccccc2)c(Br)c1. The van der Waals surface area contributed by atoms with E-state index in [0.29, 0.717) is 6.61 Å². The number of benzene rings is 2. The second-order valence-electron chi connectivity index (χ2n) is 5.42. The minimum atomic E-state index is 0.585. The first-order valence-corrected chi connectivity index (χ1v) is 8.95. The number of ether oxygens (including phenoxy) is 1. The molecule has 124 valence electrons. The molecule has 4 heteroatoms. The normalized spacial score (nSPS) is 10.7. The molecule has 3 nitrogen and oxygen atoms in total. The van der Waals surface area contributed by atoms with Crippen molar-refractivity contribution in [3.8, 4) is 5.75 Å². The highest BCUT2D eigenvalue weighted by molar-refractivity contribution is 9.10. The lowest BCUT2D eigenvalue weighted by Crippen LogP contribution is -2.21. The number of nitrogens with one attached hydrogen (secondary N) is 2. The van der Waals surface area contributed by atoms with E-state index in [1.165, 1.54) is 11.1 Å². The van der Waals surface area contributed by atoms with E-state index in [-0.39, 0.29) is 0 Å². The van der Waals surface area contributed by atoms with E-state index in [1.807, 2.05) is 24.3 Å². The number of hydrogen-bond donors (Lipinski definition) is 2. The smallest absolute Gasteiger partial charge is 0.134 e. The first kappa shape index (κ1) is 18.0. The third-order valence-electron chi connectivity index (χ3n) is 3.52. The van der Waals surface area contributed by atoms with Gasteiger partial charge in [0.05, 0.1) is 4.47 Å². The van der Waals surface area contributed by atoms with Crippen molar-refractivity contribution in [3.05, 3.63) is 64.1 Å². The van der Waals surface area contributed by atoms with E-state index in [2.05, 4.69) is 57.8 Å². The zero-order valence-corrected chi connectivity index (χ0v) is 15.2. The molecule has 2 aromatic rings. The molecule has 0 radical (unpaired) electrons. The van der Waals surface area contributed by atoms with Crippen molar-refractivity contribution in [2.75, 3.05) is 19.6 Å². The molecule has 0 atom stereocenters. The molecule has 2 aromatic carbocycles. The van der Waals surface area contributed by atoms with Gasteiger partial charge in [0.2, 0.25) is 0 Å². The van der Waals surface area contributed by atoms with Crippen LogP contribution in [0.2, 0.25) is 0 Å². The second-order valence-corrected chi connectivity index (χ2v) is 6.28. The highest BCUT2D eigenvalue weighted by Gasteiger charge is 2.03. The van der Waals surface area contributed by atoms with Crippen LogP contribution >= 0.6 is 15.9 Å². The molecule has 0 spiro atoms. The van der Waals surface area contributed by atoms with Crippen molar-refractivity contribution in [1.29, 1.82) is 0 Å². The predicted octanol–water partition coefficient (Wildman–Crippen LogP) is 4.12. The summed E-state index contributed by atoms with van der Waals surface area (Å²) in [5.74, 6) is 0.879. The topological polar surface area (TPSA) is 33.3 Å². The fraction of sp³-hybridized carbons (Fsp3) is 0.368. The molecule has 0 saturated carbocycles. The molecule has 0 saturated heterocycles. The predicted molar refractivity (Wildman–Crippen MR) is 99.8 cm³/mol. The highest BCUT2D eigenvalue weighted by Crippen LogP contribution is 2.26. The van der Waals surface area contributed by atoms with Crippen LogP contribution in [0.5, 0.6) is 5.75 Å². The fourth-order valence-electron chi connectivity index (χ4n) is 2.25. The first-order valence-electron chi connectivity index (χ1n) is 8.16. The van der Waals surface area contributed by atoms with Gasteiger partial charge in [0.15, 0.2) is 0 Å². The summed E-state index contributed by atoms with van der Waals surface area (Å²) in [6.07, 6.45) is 1.15. The molecule has 0 amide bonds. The molecule has 0 aromatic heterocycles. The summed E-state index contributed by atoms with van der Waals surface area (Å²) >= 11 is 3.60. The maximum atomic E-state index is 5.87. The lowest BCUT2D eigenvalue weighted by atomic mass is 10.2. The van der Waals surface area contributed by atoms with E-state index >= 15 is 0 Å². The largest absolute Gasteiger partial charge is 0.488 e. The molecule has 23 heavy (non-hydrogen) atoms. The monoisotopic (exact) mass is 376 g/mol. The molecule has 0 aliphatic rings. The third-order valence-corrected chi connectivity index (χ3v) is 4.14. The van der Waals surface area contributed by atoms with Gasteiger partial charge >= 0.3 is 0 Å². The summed E-state index contributed by atoms with van der Waals surface area (Å²) < 4.78 is 6.87. The summed E-state index contributed by atoms with van der Waals surface area (Å²) in [4.78, 5) is 0. The Bertz CT molecular complexity index is 575. The molecule has 0 bridgehead atoms. The van der Waals surface area contributed by atoms with Gasteiger partial charge in [-0.1, -0.05) is 43.3 Å². The summed E-state index contributed by atoms with van der Waals surface area (Å²) in [6.45, 7) is 6.73. The summed E-state index contributed by atoms with van der Waals surface area (Å²) in [7, 11) is 0. The fourth-order valence-corrected chi connectivity index (χ4v) is 2.80. The summed E-state index contributed by atoms with van der Waals surface area (Å²) in [5, 5.41) is 6.79. The van der Waals surface area contributed by atoms with Crippen LogP contribution in [0.4, 0.5) is 0 Å². The number of rotatable bonds is 10. The Morgan fingerprint density at radius 2 is 1.74 bits per heavy atom. The molecule has 0 unspecified atom stereocenters. The minimum Gasteiger partial charge on any atom is -0.488 e. The Morgan fingerprint density at radius 1 is 0.957 bits per heavy atom. The van der Waals surface area contributed by atoms with E-state index in [1.54, 1.807) is 0 Å². The van der Waals surface area contributed by atoms with E-state index in [9.17, 15) is 0 Å². The van der Waals surface area contributed by atoms with Crippen LogP contribution in [0.3, 0.4) is 0 Å². The van der Waals surface area contributed by atoms with Crippen molar-refractivity contribution in [2.24, 2.45) is 0 Å². The van der Waals surface area contributed by atoms with Gasteiger partial charge in [-0.3, -0.25) is 0 Å². The van der Waals surface area contributed by atoms with Gasteiger partial charge in [0, 0.05) is 6.54 Å². The zero-order chi connectivity index (χ0) is 16.3. The third kappa shape index (κ3) is 6.73. The van der Waals surface area contributed by atoms with Gasteiger partial charge in [-0.15, -0.1) is 0 Å². The molecule has 0 aliphatic heterocycles. The van der Waals surface area contributed by atoms with E-state index in [4.69, 9.17) is 4.74 Å². The maximum Gasteiger partial charge on any atom is 0.134 e. The number of halogens is 1. The Morgan fingerprint density at radius 3 is 2.48 bits per heavy atom. The van der Waals surface area contributed by atoms with Crippen LogP contribution in [0, 0.1) is 0 Å². The van der Waals surface area contributed by atoms with Crippen molar-refractivity contribution in [1.82, 2.24) is 10.6 Å². The van der Waals surface area contributed by atoms with Crippen molar-refractivity contribution in [3.63, 3.8) is 0 Å². The van der Waals surface area contributed by atoms with E-state index < -0.39 is 0 Å². The Hall–Kier alpha value is -1.36. The van der Waals surface area contributed by atoms with Gasteiger partial charge in [-0.2, -0.15) is 0 Å². The van der Waals surface area contributed by atoms with Gasteiger partial charge in [0.1, 0.15) is 12.4 Å². The van der Waals surface area contributed by atoms with Crippen LogP contribution in [0.1, 0.15) is 24.5 Å². The van der Waals surface area contributed by atoms with Gasteiger partial charge < -0.3 is 15.4 Å². The summed E-state index contributed by atoms with van der Waals surface area (Å²) in [5.41, 5.74) is 2.43. The standard InChI is InChI=1S/C19H25BrN2O/c1-2-21-11-6-12-22-14-17-9-10-19(18(20)13-17)23-15-16-7-4-3-5-8-16/h3-5,7-10,13,21-22H,2,6,11-12,14-15H2,1H3. The first-order chi connectivity index (χ1) is 11.3. The molecular weight excluding hydrogens is 352 g/mol. The Labute approximate surface area is 147 Å². The Kier molecular flexibility index (Phi) is 8.15. The molecule has 0 aliphatic carbocycles. The summed E-state index contributed by atoms with van der Waals surface area (Å²) in [6, 6.07) is 16.5. The van der Waals surface area contributed by atoms with E-state index in [0.717, 1.165) is 42.8 Å². The number of hydrogen-bond acceptors (Lipinski definition) is 3. The maximum absolute atomic E-state index is 5.87. The van der Waals surface area contributed by atoms with Gasteiger partial charge in [-0.25, -0.2) is 0 Å². The average molecular weight is 377 g/mol. The van der Waals surface area contributed by atoms with Crippen LogP contribution in [0.25, 0.3) is 0 Å². The Balaban J connectivity index is 1.76. The van der Waals surface area contributed by atoms with Crippen molar-refractivity contribution in [2.45, 2.75) is 26.5 Å². The molecule has 2 N–H and O–H groups in total.